The third-order valence-electron chi connectivity index (χ3n) is 2.47. The molecule has 0 bridgehead atoms. The molecule has 16 heavy (non-hydrogen) atoms. The van der Waals surface area contributed by atoms with E-state index >= 15 is 0 Å². The predicted octanol–water partition coefficient (Wildman–Crippen LogP) is 2.09. The van der Waals surface area contributed by atoms with Crippen LogP contribution in [0.3, 0.4) is 0 Å². The van der Waals surface area contributed by atoms with Crippen molar-refractivity contribution in [2.24, 2.45) is 0 Å². The molecule has 0 heterocycles. The number of nitro benzene ring substituents is 1. The molecule has 0 aliphatic carbocycles. The molecule has 0 aromatic heterocycles. The Kier molecular flexibility index (Phi) is 4.25. The molecule has 5 nitrogen and oxygen atoms in total. The maximum atomic E-state index is 10.7. The van der Waals surface area contributed by atoms with E-state index in [9.17, 15) is 10.1 Å². The fourth-order valence-electron chi connectivity index (χ4n) is 1.51. The minimum atomic E-state index is -0.392. The first-order chi connectivity index (χ1) is 7.56. The van der Waals surface area contributed by atoms with Gasteiger partial charge in [-0.25, -0.2) is 0 Å². The van der Waals surface area contributed by atoms with E-state index in [0.717, 1.165) is 5.69 Å². The molecule has 1 atom stereocenters. The molecule has 0 aliphatic heterocycles. The largest absolute Gasteiger partial charge is 0.396 e. The van der Waals surface area contributed by atoms with Gasteiger partial charge in [-0.3, -0.25) is 10.1 Å². The number of nitrogens with zero attached hydrogens (tertiary/aromatic N) is 1. The van der Waals surface area contributed by atoms with Crippen LogP contribution in [0.2, 0.25) is 0 Å². The van der Waals surface area contributed by atoms with Gasteiger partial charge < -0.3 is 10.4 Å². The third-order valence-corrected chi connectivity index (χ3v) is 2.47. The van der Waals surface area contributed by atoms with E-state index in [-0.39, 0.29) is 18.3 Å². The van der Waals surface area contributed by atoms with Crippen molar-refractivity contribution >= 4 is 11.4 Å². The SMILES string of the molecule is Cc1c(NC(C)CCO)cccc1[N+](=O)[O-]. The number of nitro groups is 1. The second kappa shape index (κ2) is 5.46. The van der Waals surface area contributed by atoms with Crippen LogP contribution < -0.4 is 5.32 Å². The van der Waals surface area contributed by atoms with Gasteiger partial charge in [0.2, 0.25) is 0 Å². The van der Waals surface area contributed by atoms with E-state index in [4.69, 9.17) is 5.11 Å². The van der Waals surface area contributed by atoms with Crippen molar-refractivity contribution in [1.29, 1.82) is 0 Å². The van der Waals surface area contributed by atoms with Crippen LogP contribution in [0.1, 0.15) is 18.9 Å². The Balaban J connectivity index is 2.89. The van der Waals surface area contributed by atoms with E-state index in [1.807, 2.05) is 6.92 Å². The lowest BCUT2D eigenvalue weighted by Crippen LogP contribution is -2.17. The van der Waals surface area contributed by atoms with Gasteiger partial charge in [0.25, 0.3) is 5.69 Å². The van der Waals surface area contributed by atoms with Crippen LogP contribution in [-0.2, 0) is 0 Å². The van der Waals surface area contributed by atoms with E-state index in [1.54, 1.807) is 19.1 Å². The predicted molar refractivity (Wildman–Crippen MR) is 62.6 cm³/mol. The summed E-state index contributed by atoms with van der Waals surface area (Å²) >= 11 is 0. The molecular weight excluding hydrogens is 208 g/mol. The molecule has 1 aromatic rings. The van der Waals surface area contributed by atoms with Gasteiger partial charge in [0.1, 0.15) is 0 Å². The van der Waals surface area contributed by atoms with Crippen molar-refractivity contribution in [2.75, 3.05) is 11.9 Å². The Morgan fingerprint density at radius 2 is 2.25 bits per heavy atom. The molecule has 0 spiro atoms. The van der Waals surface area contributed by atoms with E-state index in [0.29, 0.717) is 12.0 Å². The molecule has 0 amide bonds. The molecule has 88 valence electrons. The number of rotatable bonds is 5. The first-order valence-corrected chi connectivity index (χ1v) is 5.17. The van der Waals surface area contributed by atoms with Crippen molar-refractivity contribution in [1.82, 2.24) is 0 Å². The summed E-state index contributed by atoms with van der Waals surface area (Å²) in [5, 5.41) is 22.6. The molecule has 1 aromatic carbocycles. The monoisotopic (exact) mass is 224 g/mol. The quantitative estimate of drug-likeness (QED) is 0.593. The smallest absolute Gasteiger partial charge is 0.274 e. The summed E-state index contributed by atoms with van der Waals surface area (Å²) in [7, 11) is 0. The van der Waals surface area contributed by atoms with Gasteiger partial charge in [0, 0.05) is 30.0 Å². The minimum absolute atomic E-state index is 0.0886. The number of aliphatic hydroxyl groups excluding tert-OH is 1. The zero-order valence-electron chi connectivity index (χ0n) is 9.43. The molecule has 0 radical (unpaired) electrons. The number of benzene rings is 1. The average Bonchev–Trinajstić information content (AvgIpc) is 2.21. The summed E-state index contributed by atoms with van der Waals surface area (Å²) in [6.07, 6.45) is 0.613. The summed E-state index contributed by atoms with van der Waals surface area (Å²) in [6.45, 7) is 3.74. The van der Waals surface area contributed by atoms with E-state index in [2.05, 4.69) is 5.32 Å². The lowest BCUT2D eigenvalue weighted by molar-refractivity contribution is -0.385. The maximum Gasteiger partial charge on any atom is 0.274 e. The second-order valence-corrected chi connectivity index (χ2v) is 3.76. The third kappa shape index (κ3) is 2.93. The first-order valence-electron chi connectivity index (χ1n) is 5.17. The van der Waals surface area contributed by atoms with Crippen LogP contribution in [0.25, 0.3) is 0 Å². The lowest BCUT2D eigenvalue weighted by atomic mass is 10.1. The zero-order valence-corrected chi connectivity index (χ0v) is 9.43. The lowest BCUT2D eigenvalue weighted by Gasteiger charge is -2.15. The van der Waals surface area contributed by atoms with Gasteiger partial charge in [0.15, 0.2) is 0 Å². The molecular formula is C11H16N2O3. The van der Waals surface area contributed by atoms with Gasteiger partial charge in [0.05, 0.1) is 4.92 Å². The fraction of sp³-hybridized carbons (Fsp3) is 0.455. The minimum Gasteiger partial charge on any atom is -0.396 e. The van der Waals surface area contributed by atoms with Gasteiger partial charge in [-0.1, -0.05) is 6.07 Å². The molecule has 2 N–H and O–H groups in total. The Morgan fingerprint density at radius 3 is 2.81 bits per heavy atom. The van der Waals surface area contributed by atoms with E-state index in [1.165, 1.54) is 6.07 Å². The number of hydrogen-bond acceptors (Lipinski definition) is 4. The molecule has 1 unspecified atom stereocenters. The highest BCUT2D eigenvalue weighted by atomic mass is 16.6. The van der Waals surface area contributed by atoms with Gasteiger partial charge in [-0.2, -0.15) is 0 Å². The fourth-order valence-corrected chi connectivity index (χ4v) is 1.51. The highest BCUT2D eigenvalue weighted by Gasteiger charge is 2.13. The summed E-state index contributed by atoms with van der Waals surface area (Å²) in [6, 6.07) is 5.03. The van der Waals surface area contributed by atoms with Crippen molar-refractivity contribution in [2.45, 2.75) is 26.3 Å². The standard InChI is InChI=1S/C11H16N2O3/c1-8(6-7-14)12-10-4-3-5-11(9(10)2)13(15)16/h3-5,8,12,14H,6-7H2,1-2H3. The number of aliphatic hydroxyl groups is 1. The topological polar surface area (TPSA) is 75.4 Å². The van der Waals surface area contributed by atoms with Crippen molar-refractivity contribution < 1.29 is 10.0 Å². The van der Waals surface area contributed by atoms with Crippen LogP contribution in [0, 0.1) is 17.0 Å². The Hall–Kier alpha value is -1.62. The Bertz CT molecular complexity index is 379. The number of nitrogens with one attached hydrogen (secondary N) is 1. The molecule has 0 saturated carbocycles. The number of hydrogen-bond donors (Lipinski definition) is 2. The van der Waals surface area contributed by atoms with Crippen LogP contribution in [0.15, 0.2) is 18.2 Å². The molecule has 5 heteroatoms. The average molecular weight is 224 g/mol. The zero-order chi connectivity index (χ0) is 12.1. The van der Waals surface area contributed by atoms with Gasteiger partial charge in [-0.15, -0.1) is 0 Å². The van der Waals surface area contributed by atoms with Gasteiger partial charge >= 0.3 is 0 Å². The normalized spacial score (nSPS) is 12.2. The Labute approximate surface area is 94.3 Å². The molecule has 1 rings (SSSR count). The summed E-state index contributed by atoms with van der Waals surface area (Å²) in [4.78, 5) is 10.3. The van der Waals surface area contributed by atoms with Crippen molar-refractivity contribution in [3.05, 3.63) is 33.9 Å². The highest BCUT2D eigenvalue weighted by Crippen LogP contribution is 2.25. The van der Waals surface area contributed by atoms with Crippen LogP contribution in [0.5, 0.6) is 0 Å². The molecule has 0 aliphatic rings. The van der Waals surface area contributed by atoms with Crippen molar-refractivity contribution in [3.63, 3.8) is 0 Å². The first kappa shape index (κ1) is 12.4. The molecule has 0 saturated heterocycles. The van der Waals surface area contributed by atoms with Crippen LogP contribution in [0.4, 0.5) is 11.4 Å². The number of anilines is 1. The van der Waals surface area contributed by atoms with Crippen LogP contribution in [-0.4, -0.2) is 22.7 Å². The van der Waals surface area contributed by atoms with Crippen LogP contribution >= 0.6 is 0 Å². The maximum absolute atomic E-state index is 10.7. The van der Waals surface area contributed by atoms with Crippen molar-refractivity contribution in [3.8, 4) is 0 Å². The van der Waals surface area contributed by atoms with E-state index < -0.39 is 4.92 Å². The second-order valence-electron chi connectivity index (χ2n) is 3.76. The summed E-state index contributed by atoms with van der Waals surface area (Å²) in [5.41, 5.74) is 1.48. The molecule has 0 fully saturated rings. The highest BCUT2D eigenvalue weighted by molar-refractivity contribution is 5.60. The van der Waals surface area contributed by atoms with Gasteiger partial charge in [-0.05, 0) is 26.3 Å². The summed E-state index contributed by atoms with van der Waals surface area (Å²) < 4.78 is 0. The Morgan fingerprint density at radius 1 is 1.56 bits per heavy atom. The summed E-state index contributed by atoms with van der Waals surface area (Å²) in [5.74, 6) is 0.